The number of carbonyl (C=O) groups is 2. The Labute approximate surface area is 201 Å². The fourth-order valence-corrected chi connectivity index (χ4v) is 4.95. The van der Waals surface area contributed by atoms with Crippen molar-refractivity contribution in [2.24, 2.45) is 0 Å². The third kappa shape index (κ3) is 3.50. The van der Waals surface area contributed by atoms with Crippen LogP contribution >= 0.6 is 0 Å². The molecule has 0 fully saturated rings. The molecular formula is C27H22N4O4. The van der Waals surface area contributed by atoms with Crippen LogP contribution in [0.25, 0.3) is 10.9 Å². The van der Waals surface area contributed by atoms with E-state index in [0.717, 1.165) is 27.7 Å². The molecule has 2 aliphatic rings. The van der Waals surface area contributed by atoms with Crippen molar-refractivity contribution in [2.45, 2.75) is 18.5 Å². The molecule has 2 atom stereocenters. The van der Waals surface area contributed by atoms with Crippen molar-refractivity contribution in [1.82, 2.24) is 14.9 Å². The van der Waals surface area contributed by atoms with E-state index >= 15 is 0 Å². The number of carbonyl (C=O) groups excluding carboxylic acids is 2. The Morgan fingerprint density at radius 2 is 1.91 bits per heavy atom. The Balaban J connectivity index is 1.52. The van der Waals surface area contributed by atoms with Gasteiger partial charge in [-0.1, -0.05) is 36.9 Å². The second kappa shape index (κ2) is 8.32. The van der Waals surface area contributed by atoms with Crippen molar-refractivity contribution < 1.29 is 19.1 Å². The summed E-state index contributed by atoms with van der Waals surface area (Å²) in [7, 11) is 0. The topological polar surface area (TPSA) is 96.5 Å². The minimum Gasteiger partial charge on any atom is -0.454 e. The average molecular weight is 466 g/mol. The highest BCUT2D eigenvalue weighted by Crippen LogP contribution is 2.44. The molecule has 4 heterocycles. The van der Waals surface area contributed by atoms with Gasteiger partial charge in [-0.15, -0.1) is 0 Å². The van der Waals surface area contributed by atoms with Gasteiger partial charge in [0.25, 0.3) is 0 Å². The zero-order valence-electron chi connectivity index (χ0n) is 18.7. The molecule has 8 nitrogen and oxygen atoms in total. The molecule has 8 heteroatoms. The number of nitrogens with zero attached hydrogens (tertiary/aromatic N) is 2. The highest BCUT2D eigenvalue weighted by molar-refractivity contribution is 6.00. The third-order valence-corrected chi connectivity index (χ3v) is 6.49. The van der Waals surface area contributed by atoms with Crippen LogP contribution in [-0.4, -0.2) is 39.5 Å². The SMILES string of the molecule is C=CC(=O)N1[C@H](c2ccc3c(c2)OCO3)c2[nH]c3ccccc3c2C[C@@H]1C(=O)Nc1ccccn1. The van der Waals surface area contributed by atoms with Gasteiger partial charge in [0.1, 0.15) is 11.9 Å². The lowest BCUT2D eigenvalue weighted by atomic mass is 9.87. The number of rotatable bonds is 4. The molecule has 0 spiro atoms. The van der Waals surface area contributed by atoms with Crippen LogP contribution in [0, 0.1) is 0 Å². The number of anilines is 1. The van der Waals surface area contributed by atoms with Crippen LogP contribution in [0.1, 0.15) is 22.9 Å². The molecule has 0 bridgehead atoms. The molecule has 4 aromatic rings. The summed E-state index contributed by atoms with van der Waals surface area (Å²) >= 11 is 0. The van der Waals surface area contributed by atoms with Crippen molar-refractivity contribution in [3.05, 3.63) is 96.3 Å². The first kappa shape index (κ1) is 21.0. The normalized spacial score (nSPS) is 18.2. The molecule has 0 unspecified atom stereocenters. The molecule has 2 aliphatic heterocycles. The monoisotopic (exact) mass is 466 g/mol. The van der Waals surface area contributed by atoms with Crippen LogP contribution in [0.15, 0.2) is 79.5 Å². The number of ether oxygens (including phenoxy) is 2. The summed E-state index contributed by atoms with van der Waals surface area (Å²) < 4.78 is 11.1. The molecule has 2 aromatic heterocycles. The van der Waals surface area contributed by atoms with Gasteiger partial charge in [-0.3, -0.25) is 9.59 Å². The molecule has 35 heavy (non-hydrogen) atoms. The summed E-state index contributed by atoms with van der Waals surface area (Å²) in [5.41, 5.74) is 3.60. The quantitative estimate of drug-likeness (QED) is 0.444. The first-order valence-electron chi connectivity index (χ1n) is 11.3. The van der Waals surface area contributed by atoms with Crippen LogP contribution < -0.4 is 14.8 Å². The molecule has 6 rings (SSSR count). The summed E-state index contributed by atoms with van der Waals surface area (Å²) in [6.07, 6.45) is 3.20. The molecule has 2 aromatic carbocycles. The lowest BCUT2D eigenvalue weighted by molar-refractivity contribution is -0.137. The number of hydrogen-bond acceptors (Lipinski definition) is 5. The van der Waals surface area contributed by atoms with Crippen LogP contribution in [0.2, 0.25) is 0 Å². The van der Waals surface area contributed by atoms with E-state index < -0.39 is 12.1 Å². The second-order valence-corrected chi connectivity index (χ2v) is 8.45. The summed E-state index contributed by atoms with van der Waals surface area (Å²) in [6, 6.07) is 17.5. The minimum absolute atomic E-state index is 0.144. The Kier molecular flexibility index (Phi) is 4.99. The standard InChI is InChI=1S/C27H22N4O4/c1-2-24(32)31-20(27(33)30-23-9-5-6-12-28-23)14-18-17-7-3-4-8-19(17)29-25(18)26(31)16-10-11-21-22(13-16)35-15-34-21/h2-13,20,26,29H,1,14-15H2,(H,28,30,33)/t20-,26-/m1/s1. The number of benzene rings is 2. The highest BCUT2D eigenvalue weighted by Gasteiger charge is 2.43. The number of hydrogen-bond donors (Lipinski definition) is 2. The van der Waals surface area contributed by atoms with Crippen LogP contribution in [-0.2, 0) is 16.0 Å². The van der Waals surface area contributed by atoms with Crippen LogP contribution in [0.3, 0.4) is 0 Å². The van der Waals surface area contributed by atoms with Gasteiger partial charge in [0.15, 0.2) is 11.5 Å². The lowest BCUT2D eigenvalue weighted by Crippen LogP contribution is -2.52. The number of nitrogens with one attached hydrogen (secondary N) is 2. The first-order chi connectivity index (χ1) is 17.1. The minimum atomic E-state index is -0.787. The van der Waals surface area contributed by atoms with Gasteiger partial charge in [-0.05, 0) is 47.5 Å². The summed E-state index contributed by atoms with van der Waals surface area (Å²) in [5.74, 6) is 1.00. The summed E-state index contributed by atoms with van der Waals surface area (Å²) in [4.78, 5) is 36.2. The van der Waals surface area contributed by atoms with Crippen LogP contribution in [0.4, 0.5) is 5.82 Å². The fraction of sp³-hybridized carbons (Fsp3) is 0.148. The molecular weight excluding hydrogens is 444 g/mol. The molecule has 2 N–H and O–H groups in total. The Hall–Kier alpha value is -4.59. The van der Waals surface area contributed by atoms with E-state index in [-0.39, 0.29) is 18.6 Å². The summed E-state index contributed by atoms with van der Waals surface area (Å²) in [6.45, 7) is 3.85. The number of pyridine rings is 1. The van der Waals surface area contributed by atoms with Crippen LogP contribution in [0.5, 0.6) is 11.5 Å². The second-order valence-electron chi connectivity index (χ2n) is 8.45. The maximum atomic E-state index is 13.6. The Bertz CT molecular complexity index is 1460. The average Bonchev–Trinajstić information content (AvgIpc) is 3.51. The van der Waals surface area contributed by atoms with E-state index in [9.17, 15) is 9.59 Å². The zero-order chi connectivity index (χ0) is 23.9. The largest absolute Gasteiger partial charge is 0.454 e. The van der Waals surface area contributed by atoms with Gasteiger partial charge >= 0.3 is 0 Å². The number of para-hydroxylation sites is 1. The summed E-state index contributed by atoms with van der Waals surface area (Å²) in [5, 5.41) is 3.89. The predicted molar refractivity (Wildman–Crippen MR) is 130 cm³/mol. The predicted octanol–water partition coefficient (Wildman–Crippen LogP) is 3.96. The van der Waals surface area contributed by atoms with Gasteiger partial charge in [0, 0.05) is 29.2 Å². The van der Waals surface area contributed by atoms with Crippen molar-refractivity contribution in [1.29, 1.82) is 0 Å². The lowest BCUT2D eigenvalue weighted by Gasteiger charge is -2.41. The Morgan fingerprint density at radius 1 is 1.09 bits per heavy atom. The molecule has 0 saturated heterocycles. The van der Waals surface area contributed by atoms with E-state index in [1.165, 1.54) is 6.08 Å². The van der Waals surface area contributed by atoms with Crippen molar-refractivity contribution in [2.75, 3.05) is 12.1 Å². The maximum absolute atomic E-state index is 13.6. The molecule has 0 saturated carbocycles. The number of H-pyrrole nitrogens is 1. The number of aromatic amines is 1. The molecule has 0 radical (unpaired) electrons. The molecule has 0 aliphatic carbocycles. The smallest absolute Gasteiger partial charge is 0.248 e. The number of amides is 2. The van der Waals surface area contributed by atoms with Gasteiger partial charge in [0.05, 0.1) is 6.04 Å². The van der Waals surface area contributed by atoms with E-state index in [2.05, 4.69) is 21.9 Å². The third-order valence-electron chi connectivity index (χ3n) is 6.49. The number of fused-ring (bicyclic) bond motifs is 4. The van der Waals surface area contributed by atoms with Gasteiger partial charge in [-0.2, -0.15) is 0 Å². The first-order valence-corrected chi connectivity index (χ1v) is 11.3. The van der Waals surface area contributed by atoms with Gasteiger partial charge in [0.2, 0.25) is 18.6 Å². The fourth-order valence-electron chi connectivity index (χ4n) is 4.95. The van der Waals surface area contributed by atoms with Crippen molar-refractivity contribution in [3.8, 4) is 11.5 Å². The Morgan fingerprint density at radius 3 is 2.74 bits per heavy atom. The van der Waals surface area contributed by atoms with E-state index in [1.54, 1.807) is 29.3 Å². The number of aromatic nitrogens is 2. The van der Waals surface area contributed by atoms with Gasteiger partial charge in [-0.25, -0.2) is 4.98 Å². The van der Waals surface area contributed by atoms with E-state index in [0.29, 0.717) is 23.7 Å². The molecule has 2 amide bonds. The van der Waals surface area contributed by atoms with E-state index in [1.807, 2.05) is 42.5 Å². The zero-order valence-corrected chi connectivity index (χ0v) is 18.7. The maximum Gasteiger partial charge on any atom is 0.248 e. The van der Waals surface area contributed by atoms with E-state index in [4.69, 9.17) is 9.47 Å². The highest BCUT2D eigenvalue weighted by atomic mass is 16.7. The van der Waals surface area contributed by atoms with Crippen molar-refractivity contribution in [3.63, 3.8) is 0 Å². The molecule has 174 valence electrons. The van der Waals surface area contributed by atoms with Crippen molar-refractivity contribution >= 4 is 28.5 Å². The van der Waals surface area contributed by atoms with Gasteiger partial charge < -0.3 is 24.7 Å².